The molecule has 2 aliphatic rings. The molecule has 0 radical (unpaired) electrons. The molecule has 9 aromatic carbocycles. The molecule has 0 spiro atoms. The van der Waals surface area contributed by atoms with Crippen LogP contribution in [0.1, 0.15) is 44.5 Å². The molecule has 2 aliphatic carbocycles. The molecule has 2 atom stereocenters. The van der Waals surface area contributed by atoms with E-state index < -0.39 is 10.8 Å². The van der Waals surface area contributed by atoms with E-state index in [1.807, 2.05) is 11.3 Å². The van der Waals surface area contributed by atoms with Gasteiger partial charge in [-0.2, -0.15) is 0 Å². The number of thiophene rings is 1. The van der Waals surface area contributed by atoms with Gasteiger partial charge in [0, 0.05) is 31.5 Å². The van der Waals surface area contributed by atoms with Crippen molar-refractivity contribution in [3.05, 3.63) is 269 Å². The van der Waals surface area contributed by atoms with Gasteiger partial charge in [-0.15, -0.1) is 11.3 Å². The number of benzene rings is 9. The van der Waals surface area contributed by atoms with Crippen LogP contribution >= 0.6 is 11.3 Å². The Labute approximate surface area is 342 Å². The van der Waals surface area contributed by atoms with Crippen molar-refractivity contribution in [2.75, 3.05) is 4.90 Å². The van der Waals surface area contributed by atoms with Gasteiger partial charge >= 0.3 is 0 Å². The van der Waals surface area contributed by atoms with Crippen molar-refractivity contribution in [3.8, 4) is 11.1 Å². The van der Waals surface area contributed by atoms with Crippen LogP contribution in [0, 0.1) is 0 Å². The summed E-state index contributed by atoms with van der Waals surface area (Å²) in [7, 11) is 0. The molecule has 2 heteroatoms. The first-order chi connectivity index (χ1) is 28.8. The van der Waals surface area contributed by atoms with E-state index in [9.17, 15) is 0 Å². The number of nitrogens with zero attached hydrogens (tertiary/aromatic N) is 1. The fraction of sp³-hybridized carbons (Fsp3) is 0.0357. The SMILES string of the molecule is c1ccc(N(c2ccc3sc4ccccc4c3c2)c2ccccc2C2(c3ccccc3)c3ccccc3C3(c4ccccc4)c4ccccc4-c4cccc2c43)cc1. The number of hydrogen-bond acceptors (Lipinski definition) is 2. The summed E-state index contributed by atoms with van der Waals surface area (Å²) >= 11 is 1.86. The minimum Gasteiger partial charge on any atom is -0.310 e. The van der Waals surface area contributed by atoms with E-state index in [-0.39, 0.29) is 0 Å². The third-order valence-electron chi connectivity index (χ3n) is 12.8. The highest BCUT2D eigenvalue weighted by molar-refractivity contribution is 7.25. The largest absolute Gasteiger partial charge is 0.310 e. The molecule has 272 valence electrons. The van der Waals surface area contributed by atoms with Gasteiger partial charge in [0.05, 0.1) is 16.5 Å². The zero-order valence-corrected chi connectivity index (χ0v) is 32.5. The number of rotatable bonds is 6. The Hall–Kier alpha value is -7.00. The van der Waals surface area contributed by atoms with Gasteiger partial charge in [0.15, 0.2) is 0 Å². The highest BCUT2D eigenvalue weighted by Gasteiger charge is 2.58. The van der Waals surface area contributed by atoms with Crippen molar-refractivity contribution in [2.45, 2.75) is 10.8 Å². The zero-order chi connectivity index (χ0) is 38.3. The lowest BCUT2D eigenvalue weighted by atomic mass is 9.51. The Bertz CT molecular complexity index is 3180. The molecule has 1 nitrogen and oxygen atoms in total. The number of anilines is 3. The topological polar surface area (TPSA) is 3.24 Å². The molecular formula is C56H37NS. The monoisotopic (exact) mass is 755 g/mol. The van der Waals surface area contributed by atoms with E-state index in [1.54, 1.807) is 0 Å². The van der Waals surface area contributed by atoms with Gasteiger partial charge < -0.3 is 4.90 Å². The van der Waals surface area contributed by atoms with Gasteiger partial charge in [0.25, 0.3) is 0 Å². The van der Waals surface area contributed by atoms with Crippen LogP contribution in [0.25, 0.3) is 31.3 Å². The maximum atomic E-state index is 2.49. The van der Waals surface area contributed by atoms with Crippen LogP contribution in [-0.2, 0) is 10.8 Å². The predicted octanol–water partition coefficient (Wildman–Crippen LogP) is 14.6. The summed E-state index contributed by atoms with van der Waals surface area (Å²) in [5.41, 5.74) is 15.2. The standard InChI is InChI=1S/C56H37NS/c1-4-19-38(20-5-1)55(47-29-13-14-30-48(47)56(39-21-6-2-7-22-39)46-28-12-10-25-42(46)44-27-18-32-50(55)54(44)56)49-31-15-16-33-51(49)57(40-23-8-3-9-24-40)41-35-36-53-45(37-41)43-26-11-17-34-52(43)58-53/h1-37H. The average Bonchev–Trinajstić information content (AvgIpc) is 3.83. The van der Waals surface area contributed by atoms with Gasteiger partial charge in [0.2, 0.25) is 0 Å². The molecule has 1 aromatic heterocycles. The van der Waals surface area contributed by atoms with E-state index >= 15 is 0 Å². The molecule has 0 fully saturated rings. The maximum absolute atomic E-state index is 2.49. The Kier molecular flexibility index (Phi) is 7.30. The van der Waals surface area contributed by atoms with Crippen LogP contribution in [0.15, 0.2) is 224 Å². The fourth-order valence-electron chi connectivity index (χ4n) is 10.7. The van der Waals surface area contributed by atoms with Crippen LogP contribution in [0.3, 0.4) is 0 Å². The molecule has 10 aromatic rings. The molecule has 0 saturated heterocycles. The molecule has 0 aliphatic heterocycles. The smallest absolute Gasteiger partial charge is 0.0728 e. The Morgan fingerprint density at radius 1 is 0.328 bits per heavy atom. The number of fused-ring (bicyclic) bond motifs is 8. The molecule has 0 amide bonds. The molecule has 1 heterocycles. The van der Waals surface area contributed by atoms with Crippen LogP contribution < -0.4 is 4.90 Å². The number of para-hydroxylation sites is 2. The van der Waals surface area contributed by atoms with Crippen LogP contribution in [-0.4, -0.2) is 0 Å². The van der Waals surface area contributed by atoms with Gasteiger partial charge in [-0.25, -0.2) is 0 Å². The molecule has 0 bridgehead atoms. The van der Waals surface area contributed by atoms with Gasteiger partial charge in [-0.05, 0) is 98.1 Å². The second-order valence-corrected chi connectivity index (χ2v) is 16.6. The third-order valence-corrected chi connectivity index (χ3v) is 13.9. The molecule has 0 saturated carbocycles. The van der Waals surface area contributed by atoms with E-state index in [0.717, 1.165) is 17.1 Å². The van der Waals surface area contributed by atoms with Crippen LogP contribution in [0.2, 0.25) is 0 Å². The van der Waals surface area contributed by atoms with E-state index in [0.29, 0.717) is 0 Å². The summed E-state index contributed by atoms with van der Waals surface area (Å²) in [6, 6.07) is 83.9. The van der Waals surface area contributed by atoms with Crippen molar-refractivity contribution in [1.82, 2.24) is 0 Å². The number of hydrogen-bond donors (Lipinski definition) is 0. The van der Waals surface area contributed by atoms with Crippen molar-refractivity contribution >= 4 is 48.6 Å². The van der Waals surface area contributed by atoms with Crippen LogP contribution in [0.5, 0.6) is 0 Å². The average molecular weight is 756 g/mol. The summed E-state index contributed by atoms with van der Waals surface area (Å²) in [6.07, 6.45) is 0. The van der Waals surface area contributed by atoms with Crippen LogP contribution in [0.4, 0.5) is 17.1 Å². The second kappa shape index (κ2) is 12.8. The fourth-order valence-corrected chi connectivity index (χ4v) is 11.8. The van der Waals surface area contributed by atoms with Crippen molar-refractivity contribution in [3.63, 3.8) is 0 Å². The summed E-state index contributed by atoms with van der Waals surface area (Å²) in [6.45, 7) is 0. The Balaban J connectivity index is 1.23. The summed E-state index contributed by atoms with van der Waals surface area (Å²) in [5.74, 6) is 0. The van der Waals surface area contributed by atoms with Gasteiger partial charge in [-0.1, -0.05) is 182 Å². The lowest BCUT2D eigenvalue weighted by Crippen LogP contribution is -2.44. The first-order valence-electron chi connectivity index (χ1n) is 20.1. The highest BCUT2D eigenvalue weighted by atomic mass is 32.1. The van der Waals surface area contributed by atoms with Crippen molar-refractivity contribution in [2.24, 2.45) is 0 Å². The van der Waals surface area contributed by atoms with Crippen molar-refractivity contribution < 1.29 is 0 Å². The van der Waals surface area contributed by atoms with Crippen molar-refractivity contribution in [1.29, 1.82) is 0 Å². The van der Waals surface area contributed by atoms with E-state index in [1.165, 1.54) is 75.8 Å². The summed E-state index contributed by atoms with van der Waals surface area (Å²) < 4.78 is 2.61. The maximum Gasteiger partial charge on any atom is 0.0728 e. The summed E-state index contributed by atoms with van der Waals surface area (Å²) in [4.78, 5) is 2.49. The van der Waals surface area contributed by atoms with Gasteiger partial charge in [-0.3, -0.25) is 0 Å². The Morgan fingerprint density at radius 3 is 1.62 bits per heavy atom. The zero-order valence-electron chi connectivity index (χ0n) is 31.7. The second-order valence-electron chi connectivity index (χ2n) is 15.5. The summed E-state index contributed by atoms with van der Waals surface area (Å²) in [5, 5.41) is 2.58. The molecular weight excluding hydrogens is 719 g/mol. The third kappa shape index (κ3) is 4.41. The normalized spacial score (nSPS) is 17.4. The lowest BCUT2D eigenvalue weighted by molar-refractivity contribution is 0.627. The first-order valence-corrected chi connectivity index (χ1v) is 20.9. The first kappa shape index (κ1) is 33.2. The Morgan fingerprint density at radius 2 is 0.862 bits per heavy atom. The van der Waals surface area contributed by atoms with Gasteiger partial charge in [0.1, 0.15) is 0 Å². The molecule has 12 rings (SSSR count). The quantitative estimate of drug-likeness (QED) is 0.163. The minimum atomic E-state index is -0.688. The molecule has 58 heavy (non-hydrogen) atoms. The molecule has 2 unspecified atom stereocenters. The predicted molar refractivity (Wildman–Crippen MR) is 243 cm³/mol. The van der Waals surface area contributed by atoms with E-state index in [2.05, 4.69) is 229 Å². The minimum absolute atomic E-state index is 0.502. The molecule has 0 N–H and O–H groups in total. The lowest BCUT2D eigenvalue weighted by Gasteiger charge is -2.50. The van der Waals surface area contributed by atoms with E-state index in [4.69, 9.17) is 0 Å². The highest BCUT2D eigenvalue weighted by Crippen LogP contribution is 2.66.